The van der Waals surface area contributed by atoms with Crippen LogP contribution in [0.5, 0.6) is 5.75 Å². The fraction of sp³-hybridized carbons (Fsp3) is 0.194. The minimum Gasteiger partial charge on any atom is -0.495 e. The third-order valence-electron chi connectivity index (χ3n) is 6.19. The Labute approximate surface area is 240 Å². The molecule has 3 amide bonds. The van der Waals surface area contributed by atoms with Crippen molar-refractivity contribution < 1.29 is 27.5 Å². The molecule has 0 fully saturated rings. The standard InChI is InChI=1S/C31H33N3O6S/c1-6-29(35)32-16-17-34(30(36)7-2)26-13-8-10-22(18-26)21-41(38,39)28-20-24(14-15-27(28)40-5)23-11-9-12-25(19-23)31(37)33(3)4/h6-15,18-20H,1-2,16-17,21H2,3-5H3,(H,32,35). The average molecular weight is 576 g/mol. The number of nitrogens with one attached hydrogen (secondary N) is 1. The number of carbonyl (C=O) groups is 3. The number of methoxy groups -OCH3 is 1. The van der Waals surface area contributed by atoms with Crippen LogP contribution in [0.25, 0.3) is 11.1 Å². The first kappa shape index (κ1) is 30.8. The van der Waals surface area contributed by atoms with Crippen molar-refractivity contribution >= 4 is 33.2 Å². The lowest BCUT2D eigenvalue weighted by Gasteiger charge is -2.22. The molecule has 0 spiro atoms. The number of hydrogen-bond acceptors (Lipinski definition) is 6. The van der Waals surface area contributed by atoms with Crippen molar-refractivity contribution in [1.82, 2.24) is 10.2 Å². The molecule has 0 aliphatic heterocycles. The summed E-state index contributed by atoms with van der Waals surface area (Å²) < 4.78 is 32.8. The second-order valence-corrected chi connectivity index (χ2v) is 11.2. The van der Waals surface area contributed by atoms with Gasteiger partial charge < -0.3 is 19.9 Å². The van der Waals surface area contributed by atoms with Gasteiger partial charge in [-0.05, 0) is 65.2 Å². The normalized spacial score (nSPS) is 10.8. The summed E-state index contributed by atoms with van der Waals surface area (Å²) in [7, 11) is 0.804. The molecule has 10 heteroatoms. The SMILES string of the molecule is C=CC(=O)NCCN(C(=O)C=C)c1cccc(CS(=O)(=O)c2cc(-c3cccc(C(=O)N(C)C)c3)ccc2OC)c1. The van der Waals surface area contributed by atoms with Crippen LogP contribution in [-0.4, -0.2) is 65.3 Å². The highest BCUT2D eigenvalue weighted by Crippen LogP contribution is 2.33. The van der Waals surface area contributed by atoms with Gasteiger partial charge in [-0.2, -0.15) is 0 Å². The summed E-state index contributed by atoms with van der Waals surface area (Å²) in [6, 6.07) is 18.4. The van der Waals surface area contributed by atoms with Crippen LogP contribution < -0.4 is 15.0 Å². The summed E-state index contributed by atoms with van der Waals surface area (Å²) in [5.74, 6) is -1.11. The van der Waals surface area contributed by atoms with Crippen LogP contribution in [0.3, 0.4) is 0 Å². The Morgan fingerprint density at radius 2 is 1.63 bits per heavy atom. The van der Waals surface area contributed by atoms with Gasteiger partial charge in [0.05, 0.1) is 12.9 Å². The van der Waals surface area contributed by atoms with E-state index >= 15 is 0 Å². The molecule has 0 bridgehead atoms. The zero-order valence-electron chi connectivity index (χ0n) is 23.3. The van der Waals surface area contributed by atoms with Crippen LogP contribution in [0.2, 0.25) is 0 Å². The van der Waals surface area contributed by atoms with Gasteiger partial charge in [0.1, 0.15) is 10.6 Å². The number of ether oxygens (including phenoxy) is 1. The van der Waals surface area contributed by atoms with Crippen LogP contribution in [0, 0.1) is 0 Å². The number of hydrogen-bond donors (Lipinski definition) is 1. The first-order valence-electron chi connectivity index (χ1n) is 12.7. The molecule has 0 aliphatic carbocycles. The number of amides is 3. The van der Waals surface area contributed by atoms with Crippen LogP contribution in [0.1, 0.15) is 15.9 Å². The molecular weight excluding hydrogens is 542 g/mol. The maximum atomic E-state index is 13.7. The maximum absolute atomic E-state index is 13.7. The first-order chi connectivity index (χ1) is 19.5. The summed E-state index contributed by atoms with van der Waals surface area (Å²) in [4.78, 5) is 39.4. The Bertz CT molecular complexity index is 1580. The molecule has 9 nitrogen and oxygen atoms in total. The predicted octanol–water partition coefficient (Wildman–Crippen LogP) is 3.86. The van der Waals surface area contributed by atoms with Crippen molar-refractivity contribution in [3.05, 3.63) is 103 Å². The summed E-state index contributed by atoms with van der Waals surface area (Å²) in [6.07, 6.45) is 2.28. The van der Waals surface area contributed by atoms with E-state index in [2.05, 4.69) is 18.5 Å². The average Bonchev–Trinajstić information content (AvgIpc) is 2.97. The Balaban J connectivity index is 1.94. The fourth-order valence-corrected chi connectivity index (χ4v) is 5.68. The number of nitrogens with zero attached hydrogens (tertiary/aromatic N) is 2. The Morgan fingerprint density at radius 3 is 2.29 bits per heavy atom. The molecule has 1 N–H and O–H groups in total. The van der Waals surface area contributed by atoms with Crippen molar-refractivity contribution in [2.45, 2.75) is 10.6 Å². The smallest absolute Gasteiger partial charge is 0.253 e. The number of benzene rings is 3. The number of carbonyl (C=O) groups excluding carboxylic acids is 3. The van der Waals surface area contributed by atoms with Crippen LogP contribution in [0.15, 0.2) is 96.9 Å². The number of anilines is 1. The van der Waals surface area contributed by atoms with E-state index in [1.807, 2.05) is 0 Å². The molecule has 0 unspecified atom stereocenters. The van der Waals surface area contributed by atoms with Crippen molar-refractivity contribution in [2.24, 2.45) is 0 Å². The molecule has 0 radical (unpaired) electrons. The lowest BCUT2D eigenvalue weighted by molar-refractivity contribution is -0.117. The molecule has 0 saturated heterocycles. The van der Waals surface area contributed by atoms with Crippen molar-refractivity contribution in [1.29, 1.82) is 0 Å². The lowest BCUT2D eigenvalue weighted by atomic mass is 10.0. The number of sulfone groups is 1. The van der Waals surface area contributed by atoms with Crippen molar-refractivity contribution in [3.8, 4) is 16.9 Å². The molecule has 41 heavy (non-hydrogen) atoms. The Hall–Kier alpha value is -4.70. The predicted molar refractivity (Wildman–Crippen MR) is 160 cm³/mol. The highest BCUT2D eigenvalue weighted by molar-refractivity contribution is 7.90. The van der Waals surface area contributed by atoms with Gasteiger partial charge in [-0.15, -0.1) is 0 Å². The molecule has 214 valence electrons. The molecule has 3 rings (SSSR count). The summed E-state index contributed by atoms with van der Waals surface area (Å²) in [5, 5.41) is 2.62. The third-order valence-corrected chi connectivity index (χ3v) is 7.89. The molecule has 3 aromatic carbocycles. The van der Waals surface area contributed by atoms with Gasteiger partial charge in [0.25, 0.3) is 5.91 Å². The van der Waals surface area contributed by atoms with Crippen molar-refractivity contribution in [2.75, 3.05) is 39.2 Å². The summed E-state index contributed by atoms with van der Waals surface area (Å²) in [6.45, 7) is 7.25. The zero-order chi connectivity index (χ0) is 30.2. The fourth-order valence-electron chi connectivity index (χ4n) is 4.14. The van der Waals surface area contributed by atoms with Gasteiger partial charge in [0.15, 0.2) is 9.84 Å². The second-order valence-electron chi connectivity index (χ2n) is 9.26. The van der Waals surface area contributed by atoms with Crippen LogP contribution in [-0.2, 0) is 25.2 Å². The van der Waals surface area contributed by atoms with Gasteiger partial charge >= 0.3 is 0 Å². The van der Waals surface area contributed by atoms with E-state index in [4.69, 9.17) is 4.74 Å². The Morgan fingerprint density at radius 1 is 0.927 bits per heavy atom. The van der Waals surface area contributed by atoms with Gasteiger partial charge in [-0.1, -0.05) is 43.5 Å². The highest BCUT2D eigenvalue weighted by Gasteiger charge is 2.23. The molecule has 3 aromatic rings. The minimum absolute atomic E-state index is 0.00148. The first-order valence-corrected chi connectivity index (χ1v) is 14.3. The third kappa shape index (κ3) is 7.70. The van der Waals surface area contributed by atoms with Gasteiger partial charge in [-0.25, -0.2) is 8.42 Å². The number of rotatable bonds is 12. The van der Waals surface area contributed by atoms with Crippen LogP contribution >= 0.6 is 0 Å². The van der Waals surface area contributed by atoms with E-state index in [-0.39, 0.29) is 41.3 Å². The zero-order valence-corrected chi connectivity index (χ0v) is 24.1. The van der Waals surface area contributed by atoms with Crippen molar-refractivity contribution in [3.63, 3.8) is 0 Å². The molecule has 0 atom stereocenters. The van der Waals surface area contributed by atoms with Gasteiger partial charge in [-0.3, -0.25) is 14.4 Å². The molecule has 0 aromatic heterocycles. The van der Waals surface area contributed by atoms with E-state index < -0.39 is 15.7 Å². The molecule has 0 saturated carbocycles. The largest absolute Gasteiger partial charge is 0.495 e. The second kappa shape index (κ2) is 13.6. The topological polar surface area (TPSA) is 113 Å². The van der Waals surface area contributed by atoms with Gasteiger partial charge in [0.2, 0.25) is 11.8 Å². The summed E-state index contributed by atoms with van der Waals surface area (Å²) in [5.41, 5.74) is 2.67. The van der Waals surface area contributed by atoms with E-state index in [0.717, 1.165) is 12.2 Å². The van der Waals surface area contributed by atoms with E-state index in [0.29, 0.717) is 27.9 Å². The summed E-state index contributed by atoms with van der Waals surface area (Å²) >= 11 is 0. The van der Waals surface area contributed by atoms with E-state index in [1.54, 1.807) is 74.8 Å². The van der Waals surface area contributed by atoms with Crippen LogP contribution in [0.4, 0.5) is 5.69 Å². The van der Waals surface area contributed by atoms with E-state index in [1.165, 1.54) is 23.0 Å². The quantitative estimate of drug-likeness (QED) is 0.328. The molecule has 0 aliphatic rings. The monoisotopic (exact) mass is 575 g/mol. The van der Waals surface area contributed by atoms with Gasteiger partial charge in [0, 0.05) is 38.4 Å². The molecular formula is C31H33N3O6S. The van der Waals surface area contributed by atoms with E-state index in [9.17, 15) is 22.8 Å². The Kier molecular flexibility index (Phi) is 10.2. The minimum atomic E-state index is -3.92. The maximum Gasteiger partial charge on any atom is 0.253 e. The molecule has 0 heterocycles. The highest BCUT2D eigenvalue weighted by atomic mass is 32.2. The lowest BCUT2D eigenvalue weighted by Crippen LogP contribution is -2.37.